The maximum atomic E-state index is 14.0. The van der Waals surface area contributed by atoms with Gasteiger partial charge in [-0.3, -0.25) is 0 Å². The molecular formula is C14H20FN5. The van der Waals surface area contributed by atoms with Crippen LogP contribution in [0.2, 0.25) is 0 Å². The first kappa shape index (κ1) is 14.6. The first-order valence-electron chi connectivity index (χ1n) is 6.77. The van der Waals surface area contributed by atoms with Crippen LogP contribution in [-0.4, -0.2) is 26.8 Å². The highest BCUT2D eigenvalue weighted by molar-refractivity contribution is 5.36. The predicted octanol–water partition coefficient (Wildman–Crippen LogP) is 2.42. The molecule has 0 aliphatic heterocycles. The molecule has 6 heteroatoms. The third-order valence-electron chi connectivity index (χ3n) is 3.04. The summed E-state index contributed by atoms with van der Waals surface area (Å²) in [6.45, 7) is 8.92. The zero-order chi connectivity index (χ0) is 14.7. The average Bonchev–Trinajstić information content (AvgIpc) is 2.85. The molecule has 0 saturated heterocycles. The van der Waals surface area contributed by atoms with Crippen molar-refractivity contribution in [2.75, 3.05) is 6.54 Å². The minimum atomic E-state index is -0.324. The second kappa shape index (κ2) is 6.09. The van der Waals surface area contributed by atoms with E-state index in [-0.39, 0.29) is 11.9 Å². The molecule has 20 heavy (non-hydrogen) atoms. The number of aromatic nitrogens is 4. The fraction of sp³-hybridized carbons (Fsp3) is 0.500. The molecule has 1 unspecified atom stereocenters. The SMILES string of the molecule is Cc1ccc(-n2nnnc2C(C)NCC(C)C)c(F)c1. The van der Waals surface area contributed by atoms with E-state index in [0.29, 0.717) is 17.4 Å². The minimum absolute atomic E-state index is 0.0481. The van der Waals surface area contributed by atoms with Gasteiger partial charge in [-0.15, -0.1) is 5.10 Å². The third-order valence-corrected chi connectivity index (χ3v) is 3.04. The quantitative estimate of drug-likeness (QED) is 0.912. The van der Waals surface area contributed by atoms with E-state index in [9.17, 15) is 4.39 Å². The van der Waals surface area contributed by atoms with Crippen molar-refractivity contribution in [2.24, 2.45) is 5.92 Å². The maximum absolute atomic E-state index is 14.0. The Labute approximate surface area is 118 Å². The van der Waals surface area contributed by atoms with E-state index >= 15 is 0 Å². The van der Waals surface area contributed by atoms with Crippen molar-refractivity contribution < 1.29 is 4.39 Å². The molecule has 1 N–H and O–H groups in total. The van der Waals surface area contributed by atoms with Crippen molar-refractivity contribution in [3.8, 4) is 5.69 Å². The van der Waals surface area contributed by atoms with E-state index in [1.807, 2.05) is 19.9 Å². The van der Waals surface area contributed by atoms with Crippen LogP contribution in [-0.2, 0) is 0 Å². The van der Waals surface area contributed by atoms with Gasteiger partial charge in [0.2, 0.25) is 0 Å². The van der Waals surface area contributed by atoms with Gasteiger partial charge in [-0.2, -0.15) is 4.68 Å². The summed E-state index contributed by atoms with van der Waals surface area (Å²) < 4.78 is 15.5. The lowest BCUT2D eigenvalue weighted by Crippen LogP contribution is -2.26. The zero-order valence-corrected chi connectivity index (χ0v) is 12.3. The number of aryl methyl sites for hydroxylation is 1. The van der Waals surface area contributed by atoms with Crippen LogP contribution in [0.5, 0.6) is 0 Å². The molecule has 0 spiro atoms. The number of hydrogen-bond donors (Lipinski definition) is 1. The standard InChI is InChI=1S/C14H20FN5/c1-9(2)8-16-11(4)14-17-18-19-20(14)13-6-5-10(3)7-12(13)15/h5-7,9,11,16H,8H2,1-4H3. The van der Waals surface area contributed by atoms with Gasteiger partial charge >= 0.3 is 0 Å². The van der Waals surface area contributed by atoms with Crippen LogP contribution in [0.4, 0.5) is 4.39 Å². The molecule has 1 atom stereocenters. The lowest BCUT2D eigenvalue weighted by atomic mass is 10.2. The lowest BCUT2D eigenvalue weighted by molar-refractivity contribution is 0.472. The Morgan fingerprint density at radius 1 is 1.30 bits per heavy atom. The Morgan fingerprint density at radius 2 is 2.05 bits per heavy atom. The summed E-state index contributed by atoms with van der Waals surface area (Å²) >= 11 is 0. The summed E-state index contributed by atoms with van der Waals surface area (Å²) in [6.07, 6.45) is 0. The van der Waals surface area contributed by atoms with Crippen LogP contribution in [0.25, 0.3) is 5.69 Å². The topological polar surface area (TPSA) is 55.6 Å². The van der Waals surface area contributed by atoms with Gasteiger partial charge in [0.1, 0.15) is 11.5 Å². The highest BCUT2D eigenvalue weighted by atomic mass is 19.1. The summed E-state index contributed by atoms with van der Waals surface area (Å²) in [5.41, 5.74) is 1.24. The van der Waals surface area contributed by atoms with Gasteiger partial charge in [-0.25, -0.2) is 4.39 Å². The van der Waals surface area contributed by atoms with Crippen molar-refractivity contribution in [3.05, 3.63) is 35.4 Å². The van der Waals surface area contributed by atoms with Crippen molar-refractivity contribution >= 4 is 0 Å². The molecule has 0 amide bonds. The van der Waals surface area contributed by atoms with Gasteiger partial charge in [0.25, 0.3) is 0 Å². The number of hydrogen-bond acceptors (Lipinski definition) is 4. The van der Waals surface area contributed by atoms with E-state index in [0.717, 1.165) is 12.1 Å². The van der Waals surface area contributed by atoms with Crippen molar-refractivity contribution in [3.63, 3.8) is 0 Å². The Balaban J connectivity index is 2.28. The second-order valence-corrected chi connectivity index (χ2v) is 5.43. The Hall–Kier alpha value is -1.82. The molecular weight excluding hydrogens is 257 g/mol. The summed E-state index contributed by atoms with van der Waals surface area (Å²) in [6, 6.07) is 4.97. The number of halogens is 1. The number of tetrazole rings is 1. The van der Waals surface area contributed by atoms with E-state index in [2.05, 4.69) is 34.7 Å². The van der Waals surface area contributed by atoms with Gasteiger partial charge in [0.05, 0.1) is 6.04 Å². The van der Waals surface area contributed by atoms with Crippen molar-refractivity contribution in [1.29, 1.82) is 0 Å². The molecule has 2 aromatic rings. The monoisotopic (exact) mass is 277 g/mol. The van der Waals surface area contributed by atoms with Crippen molar-refractivity contribution in [2.45, 2.75) is 33.7 Å². The maximum Gasteiger partial charge on any atom is 0.173 e. The minimum Gasteiger partial charge on any atom is -0.307 e. The van der Waals surface area contributed by atoms with Gasteiger partial charge in [-0.1, -0.05) is 19.9 Å². The molecule has 5 nitrogen and oxygen atoms in total. The number of benzene rings is 1. The van der Waals surface area contributed by atoms with Gasteiger partial charge in [-0.05, 0) is 54.4 Å². The summed E-state index contributed by atoms with van der Waals surface area (Å²) in [5, 5.41) is 14.9. The van der Waals surface area contributed by atoms with Crippen LogP contribution in [0.1, 0.15) is 38.2 Å². The van der Waals surface area contributed by atoms with E-state index in [4.69, 9.17) is 0 Å². The fourth-order valence-electron chi connectivity index (χ4n) is 1.92. The largest absolute Gasteiger partial charge is 0.307 e. The molecule has 2 rings (SSSR count). The molecule has 0 radical (unpaired) electrons. The number of rotatable bonds is 5. The van der Waals surface area contributed by atoms with Crippen LogP contribution in [0, 0.1) is 18.7 Å². The van der Waals surface area contributed by atoms with E-state index in [1.165, 1.54) is 10.7 Å². The molecule has 1 aromatic carbocycles. The molecule has 0 saturated carbocycles. The highest BCUT2D eigenvalue weighted by Gasteiger charge is 2.17. The number of nitrogens with one attached hydrogen (secondary N) is 1. The number of nitrogens with zero attached hydrogens (tertiary/aromatic N) is 4. The van der Waals surface area contributed by atoms with Crippen LogP contribution in [0.3, 0.4) is 0 Å². The smallest absolute Gasteiger partial charge is 0.173 e. The average molecular weight is 277 g/mol. The van der Waals surface area contributed by atoms with Crippen LogP contribution >= 0.6 is 0 Å². The molecule has 1 aromatic heterocycles. The molecule has 0 fully saturated rings. The third kappa shape index (κ3) is 3.19. The molecule has 0 aliphatic carbocycles. The molecule has 108 valence electrons. The predicted molar refractivity (Wildman–Crippen MR) is 75.1 cm³/mol. The normalized spacial score (nSPS) is 12.9. The summed E-state index contributed by atoms with van der Waals surface area (Å²) in [5.74, 6) is 0.806. The zero-order valence-electron chi connectivity index (χ0n) is 12.3. The van der Waals surface area contributed by atoms with Crippen molar-refractivity contribution in [1.82, 2.24) is 25.5 Å². The Morgan fingerprint density at radius 3 is 2.70 bits per heavy atom. The van der Waals surface area contributed by atoms with E-state index in [1.54, 1.807) is 6.07 Å². The van der Waals surface area contributed by atoms with Gasteiger partial charge in [0, 0.05) is 0 Å². The first-order chi connectivity index (χ1) is 9.49. The summed E-state index contributed by atoms with van der Waals surface area (Å²) in [7, 11) is 0. The molecule has 0 bridgehead atoms. The van der Waals surface area contributed by atoms with Crippen LogP contribution in [0.15, 0.2) is 18.2 Å². The molecule has 1 heterocycles. The van der Waals surface area contributed by atoms with Gasteiger partial charge < -0.3 is 5.32 Å². The highest BCUT2D eigenvalue weighted by Crippen LogP contribution is 2.18. The Bertz CT molecular complexity index is 579. The lowest BCUT2D eigenvalue weighted by Gasteiger charge is -2.15. The van der Waals surface area contributed by atoms with Gasteiger partial charge in [0.15, 0.2) is 5.82 Å². The van der Waals surface area contributed by atoms with Crippen LogP contribution < -0.4 is 5.32 Å². The Kier molecular flexibility index (Phi) is 4.44. The fourth-order valence-corrected chi connectivity index (χ4v) is 1.92. The molecule has 0 aliphatic rings. The summed E-state index contributed by atoms with van der Waals surface area (Å²) in [4.78, 5) is 0. The second-order valence-electron chi connectivity index (χ2n) is 5.43. The first-order valence-corrected chi connectivity index (χ1v) is 6.77. The van der Waals surface area contributed by atoms with E-state index < -0.39 is 0 Å².